The van der Waals surface area contributed by atoms with Crippen molar-refractivity contribution in [2.45, 2.75) is 32.7 Å². The molecular weight excluding hydrogens is 537 g/mol. The van der Waals surface area contributed by atoms with E-state index in [4.69, 9.17) is 4.74 Å². The summed E-state index contributed by atoms with van der Waals surface area (Å²) >= 11 is 1.46. The second-order valence-electron chi connectivity index (χ2n) is 9.44. The van der Waals surface area contributed by atoms with Crippen LogP contribution in [-0.2, 0) is 31.2 Å². The Labute approximate surface area is 233 Å². The molecule has 0 unspecified atom stereocenters. The maximum absolute atomic E-state index is 15.0. The molecule has 0 fully saturated rings. The fourth-order valence-electron chi connectivity index (χ4n) is 4.36. The minimum atomic E-state index is -0.781. The number of imidazole rings is 1. The van der Waals surface area contributed by atoms with Gasteiger partial charge in [0.15, 0.2) is 11.6 Å². The van der Waals surface area contributed by atoms with Gasteiger partial charge in [-0.15, -0.1) is 11.3 Å². The van der Waals surface area contributed by atoms with Gasteiger partial charge in [0.05, 0.1) is 27.0 Å². The van der Waals surface area contributed by atoms with Crippen molar-refractivity contribution in [3.63, 3.8) is 0 Å². The Bertz CT molecular complexity index is 1680. The minimum absolute atomic E-state index is 0.00417. The molecule has 6 nitrogen and oxygen atoms in total. The molecule has 40 heavy (non-hydrogen) atoms. The van der Waals surface area contributed by atoms with Gasteiger partial charge in [0, 0.05) is 44.8 Å². The lowest BCUT2D eigenvalue weighted by atomic mass is 10.0. The predicted molar refractivity (Wildman–Crippen MR) is 149 cm³/mol. The summed E-state index contributed by atoms with van der Waals surface area (Å²) in [4.78, 5) is 22.4. The summed E-state index contributed by atoms with van der Waals surface area (Å²) in [7, 11) is 1.97. The number of Topliss-reactive ketones (excluding diaryl/α,β-unsaturated/α-hetero) is 1. The van der Waals surface area contributed by atoms with E-state index in [1.807, 2.05) is 23.9 Å². The minimum Gasteiger partial charge on any atom is -0.453 e. The molecule has 0 saturated heterocycles. The van der Waals surface area contributed by atoms with Gasteiger partial charge in [0.25, 0.3) is 0 Å². The first-order valence-corrected chi connectivity index (χ1v) is 13.7. The molecule has 0 saturated carbocycles. The smallest absolute Gasteiger partial charge is 0.166 e. The van der Waals surface area contributed by atoms with E-state index in [1.165, 1.54) is 29.5 Å². The molecule has 0 atom stereocenters. The standard InChI is InChI=1S/C30H27F3N4O2S/c1-3-9-34-16-21-17-36-30(37(21)2)28-15-25-29(40-28)27(8-10-35-25)39-26-7-4-18(12-24(26)33)11-22(38)13-19-5-6-20(31)14-23(19)32/h4-8,10,12,14-15,17,34H,3,9,11,13,16H2,1-2H3. The number of pyridine rings is 1. The Kier molecular flexibility index (Phi) is 8.27. The van der Waals surface area contributed by atoms with Gasteiger partial charge >= 0.3 is 0 Å². The van der Waals surface area contributed by atoms with E-state index in [0.717, 1.165) is 52.7 Å². The van der Waals surface area contributed by atoms with Crippen LogP contribution in [0.4, 0.5) is 13.2 Å². The Hall–Kier alpha value is -4.02. The third-order valence-electron chi connectivity index (χ3n) is 6.43. The van der Waals surface area contributed by atoms with E-state index in [-0.39, 0.29) is 29.9 Å². The third kappa shape index (κ3) is 6.08. The van der Waals surface area contributed by atoms with Crippen molar-refractivity contribution in [2.75, 3.05) is 6.54 Å². The Balaban J connectivity index is 1.31. The SMILES string of the molecule is CCCNCc1cnc(-c2cc3nccc(Oc4ccc(CC(=O)Cc5ccc(F)cc5F)cc4F)c3s2)n1C. The second-order valence-corrected chi connectivity index (χ2v) is 10.5. The molecule has 0 aliphatic carbocycles. The number of hydrogen-bond donors (Lipinski definition) is 1. The van der Waals surface area contributed by atoms with Crippen LogP contribution in [0.5, 0.6) is 11.5 Å². The molecule has 206 valence electrons. The number of rotatable bonds is 11. The van der Waals surface area contributed by atoms with Gasteiger partial charge in [0.1, 0.15) is 29.0 Å². The first-order chi connectivity index (χ1) is 19.3. The molecule has 10 heteroatoms. The molecule has 0 amide bonds. The number of aromatic nitrogens is 3. The van der Waals surface area contributed by atoms with E-state index in [9.17, 15) is 13.6 Å². The highest BCUT2D eigenvalue weighted by Gasteiger charge is 2.17. The molecule has 0 radical (unpaired) electrons. The Morgan fingerprint density at radius 1 is 1.00 bits per heavy atom. The maximum atomic E-state index is 15.0. The highest BCUT2D eigenvalue weighted by Crippen LogP contribution is 2.39. The summed E-state index contributed by atoms with van der Waals surface area (Å²) in [6.45, 7) is 3.77. The van der Waals surface area contributed by atoms with Gasteiger partial charge in [-0.25, -0.2) is 18.2 Å². The summed E-state index contributed by atoms with van der Waals surface area (Å²) in [5, 5.41) is 3.38. The van der Waals surface area contributed by atoms with Crippen LogP contribution in [0, 0.1) is 17.5 Å². The van der Waals surface area contributed by atoms with Crippen LogP contribution in [0.3, 0.4) is 0 Å². The number of thiophene rings is 1. The number of nitrogens with zero attached hydrogens (tertiary/aromatic N) is 3. The molecule has 0 aliphatic rings. The van der Waals surface area contributed by atoms with Crippen LogP contribution in [-0.4, -0.2) is 26.9 Å². The zero-order valence-corrected chi connectivity index (χ0v) is 22.8. The molecule has 5 rings (SSSR count). The molecule has 3 heterocycles. The van der Waals surface area contributed by atoms with Crippen molar-refractivity contribution in [3.05, 3.63) is 95.2 Å². The van der Waals surface area contributed by atoms with Crippen LogP contribution in [0.2, 0.25) is 0 Å². The first-order valence-electron chi connectivity index (χ1n) is 12.8. The number of ether oxygens (including phenoxy) is 1. The summed E-state index contributed by atoms with van der Waals surface area (Å²) in [6.07, 6.45) is 4.20. The van der Waals surface area contributed by atoms with Crippen LogP contribution in [0.1, 0.15) is 30.2 Å². The van der Waals surface area contributed by atoms with Crippen molar-refractivity contribution in [3.8, 4) is 22.2 Å². The molecule has 0 bridgehead atoms. The second kappa shape index (κ2) is 12.0. The average molecular weight is 565 g/mol. The van der Waals surface area contributed by atoms with Crippen LogP contribution in [0.25, 0.3) is 20.9 Å². The largest absolute Gasteiger partial charge is 0.453 e. The highest BCUT2D eigenvalue weighted by atomic mass is 32.1. The number of nitrogens with one attached hydrogen (secondary N) is 1. The topological polar surface area (TPSA) is 69.0 Å². The summed E-state index contributed by atoms with van der Waals surface area (Å²) in [5.41, 5.74) is 2.30. The van der Waals surface area contributed by atoms with Crippen molar-refractivity contribution < 1.29 is 22.7 Å². The summed E-state index contributed by atoms with van der Waals surface area (Å²) < 4.78 is 50.7. The number of benzene rings is 2. The molecule has 0 aliphatic heterocycles. The van der Waals surface area contributed by atoms with E-state index in [2.05, 4.69) is 22.2 Å². The predicted octanol–water partition coefficient (Wildman–Crippen LogP) is 6.76. The van der Waals surface area contributed by atoms with Gasteiger partial charge in [0.2, 0.25) is 0 Å². The van der Waals surface area contributed by atoms with E-state index in [0.29, 0.717) is 16.8 Å². The fourth-order valence-corrected chi connectivity index (χ4v) is 5.46. The van der Waals surface area contributed by atoms with Gasteiger partial charge in [-0.3, -0.25) is 9.78 Å². The molecule has 1 N–H and O–H groups in total. The molecule has 5 aromatic rings. The number of fused-ring (bicyclic) bond motifs is 1. The highest BCUT2D eigenvalue weighted by molar-refractivity contribution is 7.22. The third-order valence-corrected chi connectivity index (χ3v) is 7.57. The van der Waals surface area contributed by atoms with Gasteiger partial charge in [-0.1, -0.05) is 19.1 Å². The molecule has 0 spiro atoms. The van der Waals surface area contributed by atoms with Crippen molar-refractivity contribution in [2.24, 2.45) is 7.05 Å². The van der Waals surface area contributed by atoms with Gasteiger partial charge in [-0.2, -0.15) is 0 Å². The average Bonchev–Trinajstić information content (AvgIpc) is 3.51. The normalized spacial score (nSPS) is 11.3. The number of ketones is 1. The quantitative estimate of drug-likeness (QED) is 0.180. The Morgan fingerprint density at radius 3 is 2.62 bits per heavy atom. The van der Waals surface area contributed by atoms with E-state index < -0.39 is 17.5 Å². The van der Waals surface area contributed by atoms with Crippen LogP contribution >= 0.6 is 11.3 Å². The Morgan fingerprint density at radius 2 is 1.85 bits per heavy atom. The molecule has 3 aromatic heterocycles. The maximum Gasteiger partial charge on any atom is 0.166 e. The lowest BCUT2D eigenvalue weighted by Crippen LogP contribution is -2.16. The number of carbonyl (C=O) groups is 1. The summed E-state index contributed by atoms with van der Waals surface area (Å²) in [5.74, 6) is -1.18. The lowest BCUT2D eigenvalue weighted by Gasteiger charge is -2.09. The van der Waals surface area contributed by atoms with Crippen molar-refractivity contribution >= 4 is 27.3 Å². The monoisotopic (exact) mass is 564 g/mol. The number of hydrogen-bond acceptors (Lipinski definition) is 6. The summed E-state index contributed by atoms with van der Waals surface area (Å²) in [6, 6.07) is 11.0. The zero-order chi connectivity index (χ0) is 28.2. The fraction of sp³-hybridized carbons (Fsp3) is 0.233. The molecular formula is C30H27F3N4O2S. The van der Waals surface area contributed by atoms with E-state index >= 15 is 4.39 Å². The van der Waals surface area contributed by atoms with Crippen LogP contribution in [0.15, 0.2) is 60.9 Å². The first kappa shape index (κ1) is 27.5. The zero-order valence-electron chi connectivity index (χ0n) is 22.0. The number of carbonyl (C=O) groups excluding carboxylic acids is 1. The van der Waals surface area contributed by atoms with Crippen molar-refractivity contribution in [1.82, 2.24) is 19.9 Å². The van der Waals surface area contributed by atoms with Crippen molar-refractivity contribution in [1.29, 1.82) is 0 Å². The van der Waals surface area contributed by atoms with Gasteiger partial charge in [-0.05, 0) is 48.4 Å². The van der Waals surface area contributed by atoms with E-state index in [1.54, 1.807) is 18.3 Å². The van der Waals surface area contributed by atoms with Gasteiger partial charge < -0.3 is 14.6 Å². The lowest BCUT2D eigenvalue weighted by molar-refractivity contribution is -0.117. The van der Waals surface area contributed by atoms with Crippen LogP contribution < -0.4 is 10.1 Å². The molecule has 2 aromatic carbocycles. The number of halogens is 3.